The van der Waals surface area contributed by atoms with E-state index in [0.29, 0.717) is 46.5 Å². The van der Waals surface area contributed by atoms with Gasteiger partial charge in [-0.2, -0.15) is 0 Å². The van der Waals surface area contributed by atoms with Gasteiger partial charge in [0.1, 0.15) is 5.69 Å². The molecule has 2 atom stereocenters. The van der Waals surface area contributed by atoms with Gasteiger partial charge in [0.05, 0.1) is 21.7 Å². The minimum atomic E-state index is -0.917. The van der Waals surface area contributed by atoms with Crippen LogP contribution in [0.5, 0.6) is 0 Å². The average Bonchev–Trinajstić information content (AvgIpc) is 3.52. The van der Waals surface area contributed by atoms with Crippen LogP contribution in [0.25, 0.3) is 33.8 Å². The van der Waals surface area contributed by atoms with Crippen LogP contribution < -0.4 is 10.7 Å². The molecule has 1 amide bonds. The molecule has 12 nitrogen and oxygen atoms in total. The zero-order chi connectivity index (χ0) is 28.8. The summed E-state index contributed by atoms with van der Waals surface area (Å²) in [7, 11) is 0. The number of hydrogen-bond acceptors (Lipinski definition) is 8. The van der Waals surface area contributed by atoms with Gasteiger partial charge >= 0.3 is 11.8 Å². The van der Waals surface area contributed by atoms with E-state index >= 15 is 0 Å². The lowest BCUT2D eigenvalue weighted by Gasteiger charge is -2.44. The van der Waals surface area contributed by atoms with Crippen molar-refractivity contribution < 1.29 is 14.4 Å². The molecule has 4 aromatic rings. The highest BCUT2D eigenvalue weighted by Crippen LogP contribution is 2.38. The molecule has 1 aliphatic carbocycles. The molecule has 5 heterocycles. The molecule has 1 aliphatic heterocycles. The molecule has 4 aromatic heterocycles. The molecule has 2 fully saturated rings. The third-order valence-electron chi connectivity index (χ3n) is 8.36. The fraction of sp³-hybridized carbons (Fsp3) is 0.500. The van der Waals surface area contributed by atoms with Crippen LogP contribution in [0.3, 0.4) is 0 Å². The first-order valence-electron chi connectivity index (χ1n) is 14.0. The molecular formula is C28H33ClN8O4. The molecule has 2 aliphatic rings. The monoisotopic (exact) mass is 580 g/mol. The predicted octanol–water partition coefficient (Wildman–Crippen LogP) is 4.89. The van der Waals surface area contributed by atoms with Crippen LogP contribution in [0.2, 0.25) is 5.02 Å². The van der Waals surface area contributed by atoms with Crippen LogP contribution in [0.1, 0.15) is 46.5 Å². The van der Waals surface area contributed by atoms with Crippen LogP contribution in [0.4, 0.5) is 10.7 Å². The van der Waals surface area contributed by atoms with Crippen LogP contribution in [-0.2, 0) is 6.54 Å². The highest BCUT2D eigenvalue weighted by Gasteiger charge is 2.36. The summed E-state index contributed by atoms with van der Waals surface area (Å²) in [5, 5.41) is 14.0. The molecular weight excluding hydrogens is 548 g/mol. The van der Waals surface area contributed by atoms with Crippen LogP contribution in [0.15, 0.2) is 33.8 Å². The molecule has 6 rings (SSSR count). The van der Waals surface area contributed by atoms with E-state index in [4.69, 9.17) is 26.1 Å². The Bertz CT molecular complexity index is 1630. The van der Waals surface area contributed by atoms with E-state index in [9.17, 15) is 14.7 Å². The summed E-state index contributed by atoms with van der Waals surface area (Å²) in [6.07, 6.45) is 6.97. The Labute approximate surface area is 241 Å². The number of fused-ring (bicyclic) bond motifs is 1. The molecule has 0 spiro atoms. The van der Waals surface area contributed by atoms with Gasteiger partial charge in [0.15, 0.2) is 0 Å². The van der Waals surface area contributed by atoms with E-state index in [2.05, 4.69) is 31.5 Å². The summed E-state index contributed by atoms with van der Waals surface area (Å²) in [6, 6.07) is 3.40. The molecule has 0 radical (unpaired) electrons. The number of aromatic nitrogens is 6. The fourth-order valence-electron chi connectivity index (χ4n) is 6.36. The number of rotatable bonds is 5. The molecule has 2 unspecified atom stereocenters. The third kappa shape index (κ3) is 5.28. The van der Waals surface area contributed by atoms with E-state index in [1.807, 2.05) is 19.9 Å². The summed E-state index contributed by atoms with van der Waals surface area (Å²) < 4.78 is 7.01. The van der Waals surface area contributed by atoms with Crippen molar-refractivity contribution in [2.45, 2.75) is 65.1 Å². The van der Waals surface area contributed by atoms with Crippen molar-refractivity contribution in [3.05, 3.63) is 40.1 Å². The summed E-state index contributed by atoms with van der Waals surface area (Å²) >= 11 is 6.37. The second-order valence-electron chi connectivity index (χ2n) is 11.5. The highest BCUT2D eigenvalue weighted by molar-refractivity contribution is 6.30. The van der Waals surface area contributed by atoms with Gasteiger partial charge in [-0.15, -0.1) is 0 Å². The number of amides is 1. The van der Waals surface area contributed by atoms with Crippen molar-refractivity contribution >= 4 is 34.7 Å². The Hall–Kier alpha value is -3.93. The number of halogens is 1. The average molecular weight is 581 g/mol. The summed E-state index contributed by atoms with van der Waals surface area (Å²) in [5.41, 5.74) is 3.23. The second kappa shape index (κ2) is 10.8. The molecule has 216 valence electrons. The van der Waals surface area contributed by atoms with Crippen molar-refractivity contribution in [3.8, 4) is 22.8 Å². The predicted molar refractivity (Wildman–Crippen MR) is 154 cm³/mol. The van der Waals surface area contributed by atoms with Gasteiger partial charge in [0.2, 0.25) is 11.8 Å². The lowest BCUT2D eigenvalue weighted by Crippen LogP contribution is -2.58. The number of nitrogens with zero attached hydrogens (tertiary/aromatic N) is 7. The topological polar surface area (TPSA) is 146 Å². The van der Waals surface area contributed by atoms with E-state index in [1.165, 1.54) is 17.7 Å². The normalized spacial score (nSPS) is 23.3. The molecule has 41 heavy (non-hydrogen) atoms. The number of H-pyrrole nitrogens is 1. The number of anilines is 1. The number of pyridine rings is 2. The molecule has 0 bridgehead atoms. The van der Waals surface area contributed by atoms with Gasteiger partial charge in [-0.1, -0.05) is 36.5 Å². The number of piperazine rings is 1. The minimum Gasteiger partial charge on any atom is -0.465 e. The first-order chi connectivity index (χ1) is 19.7. The Morgan fingerprint density at radius 2 is 1.83 bits per heavy atom. The summed E-state index contributed by atoms with van der Waals surface area (Å²) in [4.78, 5) is 44.3. The number of imidazole rings is 1. The first-order valence-corrected chi connectivity index (χ1v) is 14.4. The van der Waals surface area contributed by atoms with Crippen molar-refractivity contribution in [3.63, 3.8) is 0 Å². The first kappa shape index (κ1) is 27.3. The fourth-order valence-corrected chi connectivity index (χ4v) is 6.54. The van der Waals surface area contributed by atoms with Crippen molar-refractivity contribution in [2.75, 3.05) is 18.0 Å². The zero-order valence-corrected chi connectivity index (χ0v) is 24.0. The van der Waals surface area contributed by atoms with Gasteiger partial charge in [0, 0.05) is 49.7 Å². The maximum Gasteiger partial charge on any atom is 0.439 e. The Kier molecular flexibility index (Phi) is 7.18. The Morgan fingerprint density at radius 3 is 2.46 bits per heavy atom. The number of carbonyl (C=O) groups is 1. The lowest BCUT2D eigenvalue weighted by atomic mass is 9.83. The van der Waals surface area contributed by atoms with Gasteiger partial charge in [-0.05, 0) is 50.7 Å². The van der Waals surface area contributed by atoms with E-state index in [0.717, 1.165) is 36.8 Å². The lowest BCUT2D eigenvalue weighted by molar-refractivity contribution is 0.127. The van der Waals surface area contributed by atoms with Crippen LogP contribution in [0, 0.1) is 11.8 Å². The van der Waals surface area contributed by atoms with Crippen molar-refractivity contribution in [2.24, 2.45) is 11.8 Å². The number of carboxylic acid groups (broad SMARTS) is 1. The quantitative estimate of drug-likeness (QED) is 0.336. The largest absolute Gasteiger partial charge is 0.465 e. The number of hydrogen-bond donors (Lipinski definition) is 2. The Morgan fingerprint density at radius 1 is 1.10 bits per heavy atom. The van der Waals surface area contributed by atoms with Crippen LogP contribution >= 0.6 is 11.6 Å². The van der Waals surface area contributed by atoms with Gasteiger partial charge in [0.25, 0.3) is 0 Å². The van der Waals surface area contributed by atoms with Crippen molar-refractivity contribution in [1.82, 2.24) is 34.6 Å². The summed E-state index contributed by atoms with van der Waals surface area (Å²) in [5.74, 6) is 1.47. The SMILES string of the molecule is CC1CCC(Cn2c(N3C(C)CN(C(=O)O)CC3C)nc3cc(-c4noc(=O)[nH]4)nc(-c4cncc(Cl)c4)c32)CC1. The maximum atomic E-state index is 11.8. The second-order valence-corrected chi connectivity index (χ2v) is 11.9. The molecule has 1 saturated heterocycles. The van der Waals surface area contributed by atoms with Gasteiger partial charge in [-0.25, -0.2) is 19.6 Å². The zero-order valence-electron chi connectivity index (χ0n) is 23.2. The molecule has 0 aromatic carbocycles. The standard InChI is InChI=1S/C28H33ClN8O4/c1-15-4-6-18(7-5-15)14-36-24-21(32-26(36)37-16(2)12-35(28(39)40)13-17(37)3)9-22(25-33-27(38)41-34-25)31-23(24)19-8-20(29)11-30-10-19/h8-11,15-18H,4-7,12-14H2,1-3H3,(H,39,40)(H,33,34,38). The van der Waals surface area contributed by atoms with E-state index in [1.54, 1.807) is 18.5 Å². The third-order valence-corrected chi connectivity index (χ3v) is 8.57. The highest BCUT2D eigenvalue weighted by atomic mass is 35.5. The number of aromatic amines is 1. The van der Waals surface area contributed by atoms with E-state index in [-0.39, 0.29) is 17.9 Å². The smallest absolute Gasteiger partial charge is 0.439 e. The number of nitrogens with one attached hydrogen (secondary N) is 1. The van der Waals surface area contributed by atoms with E-state index < -0.39 is 11.8 Å². The summed E-state index contributed by atoms with van der Waals surface area (Å²) in [6.45, 7) is 7.87. The minimum absolute atomic E-state index is 0.104. The van der Waals surface area contributed by atoms with Gasteiger partial charge in [-0.3, -0.25) is 14.5 Å². The molecule has 1 saturated carbocycles. The van der Waals surface area contributed by atoms with Crippen LogP contribution in [-0.4, -0.2) is 70.9 Å². The van der Waals surface area contributed by atoms with Gasteiger partial charge < -0.3 is 19.5 Å². The molecule has 2 N–H and O–H groups in total. The maximum absolute atomic E-state index is 11.8. The molecule has 13 heteroatoms. The Balaban J connectivity index is 1.57. The van der Waals surface area contributed by atoms with Crippen molar-refractivity contribution in [1.29, 1.82) is 0 Å².